The number of aliphatic hydroxyl groups is 1. The zero-order chi connectivity index (χ0) is 20.6. The highest BCUT2D eigenvalue weighted by Gasteiger charge is 2.14. The Morgan fingerprint density at radius 1 is 1.00 bits per heavy atom. The molecule has 0 saturated heterocycles. The fourth-order valence-electron chi connectivity index (χ4n) is 2.96. The van der Waals surface area contributed by atoms with Crippen molar-refractivity contribution in [3.63, 3.8) is 0 Å². The molecule has 0 radical (unpaired) electrons. The Morgan fingerprint density at radius 3 is 2.45 bits per heavy atom. The average molecular weight is 392 g/mol. The van der Waals surface area contributed by atoms with Crippen LogP contribution in [0.5, 0.6) is 5.75 Å². The highest BCUT2D eigenvalue weighted by molar-refractivity contribution is 5.81. The summed E-state index contributed by atoms with van der Waals surface area (Å²) >= 11 is 0. The van der Waals surface area contributed by atoms with E-state index >= 15 is 0 Å². The van der Waals surface area contributed by atoms with E-state index in [1.807, 2.05) is 36.4 Å². The molecular formula is C24H21FO4. The van der Waals surface area contributed by atoms with Gasteiger partial charge in [-0.05, 0) is 34.9 Å². The summed E-state index contributed by atoms with van der Waals surface area (Å²) in [7, 11) is 0. The smallest absolute Gasteiger partial charge is 0.330 e. The second kappa shape index (κ2) is 9.66. The Hall–Kier alpha value is -3.44. The van der Waals surface area contributed by atoms with Crippen molar-refractivity contribution < 1.29 is 23.8 Å². The van der Waals surface area contributed by atoms with E-state index in [4.69, 9.17) is 14.6 Å². The molecule has 0 saturated carbocycles. The van der Waals surface area contributed by atoms with Crippen LogP contribution >= 0.6 is 0 Å². The zero-order valence-corrected chi connectivity index (χ0v) is 15.8. The molecule has 0 heterocycles. The van der Waals surface area contributed by atoms with Gasteiger partial charge in [0.15, 0.2) is 0 Å². The van der Waals surface area contributed by atoms with E-state index in [1.54, 1.807) is 24.3 Å². The number of carbonyl (C=O) groups is 1. The third-order valence-electron chi connectivity index (χ3n) is 4.34. The molecule has 0 bridgehead atoms. The standard InChI is InChI=1S/C24H21FO4/c1-2-24(27)29-16-19-14-20(28-13-12-26)9-11-21(19)22-10-8-18(15-23(22)25)17-6-4-3-5-7-17/h2-11,14-15,26H,1,12-13,16H2. The zero-order valence-electron chi connectivity index (χ0n) is 15.8. The largest absolute Gasteiger partial charge is 0.491 e. The summed E-state index contributed by atoms with van der Waals surface area (Å²) in [4.78, 5) is 11.5. The van der Waals surface area contributed by atoms with Crippen molar-refractivity contribution in [2.45, 2.75) is 6.61 Å². The lowest BCUT2D eigenvalue weighted by atomic mass is 9.96. The predicted molar refractivity (Wildman–Crippen MR) is 110 cm³/mol. The maximum absolute atomic E-state index is 15.0. The molecule has 5 heteroatoms. The molecule has 0 unspecified atom stereocenters. The summed E-state index contributed by atoms with van der Waals surface area (Å²) in [5.41, 5.74) is 3.26. The summed E-state index contributed by atoms with van der Waals surface area (Å²) in [6, 6.07) is 19.7. The van der Waals surface area contributed by atoms with Gasteiger partial charge in [0.1, 0.15) is 24.8 Å². The second-order valence-corrected chi connectivity index (χ2v) is 6.26. The van der Waals surface area contributed by atoms with Crippen molar-refractivity contribution in [3.8, 4) is 28.0 Å². The first-order valence-electron chi connectivity index (χ1n) is 9.13. The highest BCUT2D eigenvalue weighted by Crippen LogP contribution is 2.32. The summed E-state index contributed by atoms with van der Waals surface area (Å²) in [6.45, 7) is 3.32. The molecule has 1 N–H and O–H groups in total. The van der Waals surface area contributed by atoms with E-state index in [0.29, 0.717) is 22.4 Å². The molecule has 0 aliphatic rings. The number of benzene rings is 3. The Bertz CT molecular complexity index is 999. The Morgan fingerprint density at radius 2 is 1.76 bits per heavy atom. The quantitative estimate of drug-likeness (QED) is 0.444. The molecule has 0 amide bonds. The van der Waals surface area contributed by atoms with Crippen LogP contribution in [0.3, 0.4) is 0 Å². The van der Waals surface area contributed by atoms with Crippen molar-refractivity contribution in [2.75, 3.05) is 13.2 Å². The maximum Gasteiger partial charge on any atom is 0.330 e. The minimum Gasteiger partial charge on any atom is -0.491 e. The van der Waals surface area contributed by atoms with Gasteiger partial charge in [-0.15, -0.1) is 0 Å². The van der Waals surface area contributed by atoms with E-state index in [0.717, 1.165) is 17.2 Å². The topological polar surface area (TPSA) is 55.8 Å². The molecule has 0 aliphatic carbocycles. The van der Waals surface area contributed by atoms with Crippen LogP contribution in [0, 0.1) is 5.82 Å². The summed E-state index contributed by atoms with van der Waals surface area (Å²) in [5, 5.41) is 8.94. The van der Waals surface area contributed by atoms with Crippen molar-refractivity contribution in [1.29, 1.82) is 0 Å². The molecule has 3 aromatic rings. The van der Waals surface area contributed by atoms with Crippen molar-refractivity contribution in [2.24, 2.45) is 0 Å². The van der Waals surface area contributed by atoms with Gasteiger partial charge in [0.2, 0.25) is 0 Å². The number of halogens is 1. The van der Waals surface area contributed by atoms with Crippen LogP contribution < -0.4 is 4.74 Å². The molecule has 148 valence electrons. The van der Waals surface area contributed by atoms with Gasteiger partial charge in [0.05, 0.1) is 6.61 Å². The minimum absolute atomic E-state index is 0.0591. The molecule has 0 atom stereocenters. The molecule has 3 rings (SSSR count). The molecule has 0 fully saturated rings. The number of hydrogen-bond donors (Lipinski definition) is 1. The van der Waals surface area contributed by atoms with Crippen LogP contribution in [0.2, 0.25) is 0 Å². The maximum atomic E-state index is 15.0. The highest BCUT2D eigenvalue weighted by atomic mass is 19.1. The number of hydrogen-bond acceptors (Lipinski definition) is 4. The van der Waals surface area contributed by atoms with E-state index in [-0.39, 0.29) is 25.6 Å². The number of rotatable bonds is 8. The number of esters is 1. The molecule has 4 nitrogen and oxygen atoms in total. The van der Waals surface area contributed by atoms with Crippen LogP contribution in [0.25, 0.3) is 22.3 Å². The van der Waals surface area contributed by atoms with Gasteiger partial charge in [-0.25, -0.2) is 9.18 Å². The van der Waals surface area contributed by atoms with E-state index in [2.05, 4.69) is 6.58 Å². The van der Waals surface area contributed by atoms with Gasteiger partial charge >= 0.3 is 5.97 Å². The summed E-state index contributed by atoms with van der Waals surface area (Å²) in [5.74, 6) is -0.460. The van der Waals surface area contributed by atoms with Gasteiger partial charge in [0, 0.05) is 17.2 Å². The fraction of sp³-hybridized carbons (Fsp3) is 0.125. The minimum atomic E-state index is -0.572. The first kappa shape index (κ1) is 20.3. The molecule has 0 aromatic heterocycles. The third-order valence-corrected chi connectivity index (χ3v) is 4.34. The van der Waals surface area contributed by atoms with Crippen LogP contribution in [0.15, 0.2) is 79.4 Å². The number of ether oxygens (including phenoxy) is 2. The van der Waals surface area contributed by atoms with Crippen LogP contribution in [-0.4, -0.2) is 24.3 Å². The van der Waals surface area contributed by atoms with Gasteiger partial charge < -0.3 is 14.6 Å². The van der Waals surface area contributed by atoms with Crippen LogP contribution in [0.1, 0.15) is 5.56 Å². The van der Waals surface area contributed by atoms with Gasteiger partial charge in [-0.2, -0.15) is 0 Å². The lowest BCUT2D eigenvalue weighted by Crippen LogP contribution is -2.05. The lowest BCUT2D eigenvalue weighted by molar-refractivity contribution is -0.138. The number of aliphatic hydroxyl groups excluding tert-OH is 1. The van der Waals surface area contributed by atoms with Gasteiger partial charge in [-0.3, -0.25) is 0 Å². The van der Waals surface area contributed by atoms with E-state index in [9.17, 15) is 9.18 Å². The SMILES string of the molecule is C=CC(=O)OCc1cc(OCCO)ccc1-c1ccc(-c2ccccc2)cc1F. The normalized spacial score (nSPS) is 10.4. The van der Waals surface area contributed by atoms with Crippen molar-refractivity contribution >= 4 is 5.97 Å². The molecule has 29 heavy (non-hydrogen) atoms. The Balaban J connectivity index is 1.97. The molecular weight excluding hydrogens is 371 g/mol. The predicted octanol–water partition coefficient (Wildman–Crippen LogP) is 4.76. The number of carbonyl (C=O) groups excluding carboxylic acids is 1. The van der Waals surface area contributed by atoms with Crippen molar-refractivity contribution in [1.82, 2.24) is 0 Å². The lowest BCUT2D eigenvalue weighted by Gasteiger charge is -2.14. The summed E-state index contributed by atoms with van der Waals surface area (Å²) in [6.07, 6.45) is 1.07. The Labute approximate surface area is 168 Å². The van der Waals surface area contributed by atoms with Crippen LogP contribution in [0.4, 0.5) is 4.39 Å². The van der Waals surface area contributed by atoms with Gasteiger partial charge in [0.25, 0.3) is 0 Å². The average Bonchev–Trinajstić information content (AvgIpc) is 2.76. The first-order chi connectivity index (χ1) is 14.1. The van der Waals surface area contributed by atoms with E-state index < -0.39 is 5.97 Å². The molecule has 0 spiro atoms. The summed E-state index contributed by atoms with van der Waals surface area (Å²) < 4.78 is 25.6. The molecule has 3 aromatic carbocycles. The van der Waals surface area contributed by atoms with Crippen molar-refractivity contribution in [3.05, 3.63) is 90.8 Å². The Kier molecular flexibility index (Phi) is 6.76. The first-order valence-corrected chi connectivity index (χ1v) is 9.13. The monoisotopic (exact) mass is 392 g/mol. The third kappa shape index (κ3) is 5.09. The van der Waals surface area contributed by atoms with Crippen LogP contribution in [-0.2, 0) is 16.1 Å². The molecule has 0 aliphatic heterocycles. The fourth-order valence-corrected chi connectivity index (χ4v) is 2.96. The second-order valence-electron chi connectivity index (χ2n) is 6.26. The van der Waals surface area contributed by atoms with Gasteiger partial charge in [-0.1, -0.05) is 55.1 Å². The van der Waals surface area contributed by atoms with E-state index in [1.165, 1.54) is 6.07 Å².